The van der Waals surface area contributed by atoms with Gasteiger partial charge in [-0.2, -0.15) is 0 Å². The summed E-state index contributed by atoms with van der Waals surface area (Å²) in [7, 11) is 0. The van der Waals surface area contributed by atoms with Gasteiger partial charge in [-0.3, -0.25) is 4.79 Å². The quantitative estimate of drug-likeness (QED) is 0.824. The van der Waals surface area contributed by atoms with Crippen LogP contribution in [0, 0.1) is 12.5 Å². The van der Waals surface area contributed by atoms with E-state index in [-0.39, 0.29) is 11.9 Å². The summed E-state index contributed by atoms with van der Waals surface area (Å²) in [6.45, 7) is 9.72. The highest BCUT2D eigenvalue weighted by Gasteiger charge is 2.28. The lowest BCUT2D eigenvalue weighted by Crippen LogP contribution is -2.28. The van der Waals surface area contributed by atoms with Crippen molar-refractivity contribution in [3.63, 3.8) is 0 Å². The third-order valence-electron chi connectivity index (χ3n) is 4.50. The van der Waals surface area contributed by atoms with Crippen molar-refractivity contribution >= 4 is 22.9 Å². The molecule has 23 heavy (non-hydrogen) atoms. The minimum absolute atomic E-state index is 0.0694. The average Bonchev–Trinajstić information content (AvgIpc) is 3.19. The molecule has 2 aromatic rings. The largest absolute Gasteiger partial charge is 0.351 e. The number of amides is 1. The Hall–Kier alpha value is -2.54. The molecule has 0 radical (unpaired) electrons. The van der Waals surface area contributed by atoms with E-state index in [0.717, 1.165) is 35.7 Å². The van der Waals surface area contributed by atoms with E-state index >= 15 is 0 Å². The van der Waals surface area contributed by atoms with Crippen molar-refractivity contribution in [3.8, 4) is 0 Å². The fraction of sp³-hybridized carbons (Fsp3) is 0.368. The van der Waals surface area contributed by atoms with Crippen molar-refractivity contribution in [1.29, 1.82) is 0 Å². The number of H-pyrrole nitrogens is 1. The Kier molecular flexibility index (Phi) is 4.47. The number of fused-ring (bicyclic) bond motifs is 1. The van der Waals surface area contributed by atoms with Gasteiger partial charge < -0.3 is 15.1 Å². The molecular weight excluding hydrogens is 286 g/mol. The fourth-order valence-corrected chi connectivity index (χ4v) is 3.25. The van der Waals surface area contributed by atoms with Crippen molar-refractivity contribution < 1.29 is 4.79 Å². The number of aromatic nitrogens is 1. The summed E-state index contributed by atoms with van der Waals surface area (Å²) in [5.74, 6) is 0.365. The number of carbonyl (C=O) groups excluding carboxylic acids is 1. The van der Waals surface area contributed by atoms with Gasteiger partial charge in [0.05, 0.1) is 0 Å². The number of rotatable bonds is 4. The molecule has 1 amide bonds. The molecule has 2 atom stereocenters. The van der Waals surface area contributed by atoms with Crippen molar-refractivity contribution in [1.82, 2.24) is 10.3 Å². The van der Waals surface area contributed by atoms with E-state index in [1.54, 1.807) is 0 Å². The number of allylic oxidation sites excluding steroid dienone is 1. The van der Waals surface area contributed by atoms with E-state index in [2.05, 4.69) is 15.1 Å². The van der Waals surface area contributed by atoms with Gasteiger partial charge in [-0.15, -0.1) is 0 Å². The molecule has 4 nitrogen and oxygen atoms in total. The van der Waals surface area contributed by atoms with E-state index < -0.39 is 0 Å². The average molecular weight is 307 g/mol. The van der Waals surface area contributed by atoms with E-state index in [0.29, 0.717) is 18.2 Å². The molecule has 1 heterocycles. The summed E-state index contributed by atoms with van der Waals surface area (Å²) in [6.07, 6.45) is 6.93. The van der Waals surface area contributed by atoms with Crippen molar-refractivity contribution in [2.45, 2.75) is 32.2 Å². The first-order valence-electron chi connectivity index (χ1n) is 8.10. The Morgan fingerprint density at radius 1 is 1.43 bits per heavy atom. The Morgan fingerprint density at radius 2 is 2.30 bits per heavy atom. The first-order chi connectivity index (χ1) is 11.2. The maximum atomic E-state index is 12.3. The van der Waals surface area contributed by atoms with Gasteiger partial charge in [0.15, 0.2) is 0 Å². The van der Waals surface area contributed by atoms with Gasteiger partial charge in [0, 0.05) is 30.3 Å². The topological polar surface area (TPSA) is 49.2 Å². The minimum Gasteiger partial charge on any atom is -0.351 e. The molecule has 2 N–H and O–H groups in total. The van der Waals surface area contributed by atoms with Crippen LogP contribution in [-0.4, -0.2) is 23.5 Å². The lowest BCUT2D eigenvalue weighted by Gasteiger charge is -2.08. The molecule has 0 bridgehead atoms. The summed E-state index contributed by atoms with van der Waals surface area (Å²) in [5, 5.41) is 4.04. The summed E-state index contributed by atoms with van der Waals surface area (Å²) in [4.78, 5) is 19.1. The molecule has 0 unspecified atom stereocenters. The van der Waals surface area contributed by atoms with Crippen LogP contribution in [0.15, 0.2) is 30.3 Å². The Labute approximate surface area is 136 Å². The van der Waals surface area contributed by atoms with E-state index in [4.69, 9.17) is 6.57 Å². The third kappa shape index (κ3) is 3.45. The minimum atomic E-state index is -0.0694. The highest BCUT2D eigenvalue weighted by Crippen LogP contribution is 2.27. The normalized spacial score (nSPS) is 20.9. The number of hydrogen-bond donors (Lipinski definition) is 2. The second-order valence-corrected chi connectivity index (χ2v) is 6.20. The molecule has 1 aromatic carbocycles. The molecule has 1 fully saturated rings. The zero-order valence-electron chi connectivity index (χ0n) is 13.3. The first kappa shape index (κ1) is 15.4. The van der Waals surface area contributed by atoms with Crippen LogP contribution in [-0.2, 0) is 0 Å². The SMILES string of the molecule is [C-]#[N+][C@H]1CC[C@@H](CNC(=O)c2cc3ccc(/C=C/C)cc3[nH]2)C1. The highest BCUT2D eigenvalue weighted by molar-refractivity contribution is 5.98. The maximum absolute atomic E-state index is 12.3. The Morgan fingerprint density at radius 3 is 3.04 bits per heavy atom. The molecular formula is C19H21N3O. The molecule has 1 saturated carbocycles. The molecule has 1 aliphatic carbocycles. The monoisotopic (exact) mass is 307 g/mol. The fourth-order valence-electron chi connectivity index (χ4n) is 3.25. The van der Waals surface area contributed by atoms with Crippen LogP contribution in [0.25, 0.3) is 21.8 Å². The maximum Gasteiger partial charge on any atom is 0.267 e. The third-order valence-corrected chi connectivity index (χ3v) is 4.50. The predicted molar refractivity (Wildman–Crippen MR) is 93.1 cm³/mol. The standard InChI is InChI=1S/C19H21N3O/c1-3-4-13-5-7-15-11-18(22-17(15)10-13)19(23)21-12-14-6-8-16(9-14)20-2/h3-5,7,10-11,14,16,22H,6,8-9,12H2,1H3,(H,21,23)/b4-3+/t14-,16+/m1/s1. The van der Waals surface area contributed by atoms with Crippen LogP contribution in [0.4, 0.5) is 0 Å². The molecule has 0 aliphatic heterocycles. The van der Waals surface area contributed by atoms with Gasteiger partial charge in [0.25, 0.3) is 5.91 Å². The lowest BCUT2D eigenvalue weighted by molar-refractivity contribution is 0.0943. The molecule has 1 aromatic heterocycles. The second kappa shape index (κ2) is 6.70. The molecule has 0 saturated heterocycles. The number of nitrogens with one attached hydrogen (secondary N) is 2. The van der Waals surface area contributed by atoms with E-state index in [9.17, 15) is 4.79 Å². The Bertz CT molecular complexity index is 781. The van der Waals surface area contributed by atoms with Crippen LogP contribution in [0.3, 0.4) is 0 Å². The Balaban J connectivity index is 1.65. The van der Waals surface area contributed by atoms with E-state index in [1.807, 2.05) is 43.3 Å². The predicted octanol–water partition coefficient (Wildman–Crippen LogP) is 4.02. The first-order valence-corrected chi connectivity index (χ1v) is 8.10. The number of aromatic amines is 1. The van der Waals surface area contributed by atoms with Crippen LogP contribution in [0.2, 0.25) is 0 Å². The van der Waals surface area contributed by atoms with Crippen LogP contribution < -0.4 is 5.32 Å². The molecule has 3 rings (SSSR count). The number of benzene rings is 1. The second-order valence-electron chi connectivity index (χ2n) is 6.20. The summed E-state index contributed by atoms with van der Waals surface area (Å²) in [5.41, 5.74) is 2.68. The zero-order chi connectivity index (χ0) is 16.2. The summed E-state index contributed by atoms with van der Waals surface area (Å²) < 4.78 is 0. The smallest absolute Gasteiger partial charge is 0.267 e. The molecule has 118 valence electrons. The van der Waals surface area contributed by atoms with E-state index in [1.165, 1.54) is 0 Å². The van der Waals surface area contributed by atoms with Gasteiger partial charge >= 0.3 is 0 Å². The van der Waals surface area contributed by atoms with Crippen LogP contribution in [0.1, 0.15) is 42.2 Å². The summed E-state index contributed by atoms with van der Waals surface area (Å²) in [6, 6.07) is 8.15. The molecule has 0 spiro atoms. The van der Waals surface area contributed by atoms with Gasteiger partial charge in [-0.1, -0.05) is 24.3 Å². The van der Waals surface area contributed by atoms with Gasteiger partial charge in [-0.25, -0.2) is 6.57 Å². The van der Waals surface area contributed by atoms with Gasteiger partial charge in [0.2, 0.25) is 6.04 Å². The lowest BCUT2D eigenvalue weighted by atomic mass is 10.1. The molecule has 1 aliphatic rings. The van der Waals surface area contributed by atoms with Gasteiger partial charge in [-0.05, 0) is 37.0 Å². The number of nitrogens with zero attached hydrogens (tertiary/aromatic N) is 1. The summed E-state index contributed by atoms with van der Waals surface area (Å²) >= 11 is 0. The van der Waals surface area contributed by atoms with Crippen molar-refractivity contribution in [2.24, 2.45) is 5.92 Å². The highest BCUT2D eigenvalue weighted by atomic mass is 16.1. The zero-order valence-corrected chi connectivity index (χ0v) is 13.3. The van der Waals surface area contributed by atoms with Crippen LogP contribution >= 0.6 is 0 Å². The van der Waals surface area contributed by atoms with Crippen LogP contribution in [0.5, 0.6) is 0 Å². The number of hydrogen-bond acceptors (Lipinski definition) is 1. The number of carbonyl (C=O) groups is 1. The van der Waals surface area contributed by atoms with Crippen molar-refractivity contribution in [2.75, 3.05) is 6.54 Å². The molecule has 4 heteroatoms. The van der Waals surface area contributed by atoms with Gasteiger partial charge in [0.1, 0.15) is 5.69 Å². The van der Waals surface area contributed by atoms with Crippen molar-refractivity contribution in [3.05, 3.63) is 53.0 Å².